The summed E-state index contributed by atoms with van der Waals surface area (Å²) in [5, 5.41) is 12.0. The van der Waals surface area contributed by atoms with Crippen LogP contribution in [0.1, 0.15) is 41.2 Å². The normalized spacial score (nSPS) is 17.0. The summed E-state index contributed by atoms with van der Waals surface area (Å²) in [6.45, 7) is 0.302. The number of hydrogen-bond donors (Lipinski definition) is 2. The van der Waals surface area contributed by atoms with Gasteiger partial charge in [-0.2, -0.15) is 0 Å². The smallest absolute Gasteiger partial charge is 0.252 e. The molecule has 2 atom stereocenters. The number of amides is 1. The number of aliphatic hydroxyl groups excluding tert-OH is 1. The zero-order valence-corrected chi connectivity index (χ0v) is 26.8. The second-order valence-corrected chi connectivity index (χ2v) is 11.8. The van der Waals surface area contributed by atoms with Crippen LogP contribution < -0.4 is 10.1 Å². The van der Waals surface area contributed by atoms with E-state index >= 15 is 0 Å². The Hall–Kier alpha value is -5.60. The minimum absolute atomic E-state index is 0.0352. The minimum atomic E-state index is -1.48. The maximum absolute atomic E-state index is 14.4. The van der Waals surface area contributed by atoms with Gasteiger partial charge in [0.25, 0.3) is 5.91 Å². The number of aliphatic imine (C=N–C) groups is 1. The fourth-order valence-electron chi connectivity index (χ4n) is 5.78. The molecule has 5 aromatic carbocycles. The molecule has 5 aromatic rings. The molecule has 0 fully saturated rings. The van der Waals surface area contributed by atoms with E-state index in [1.165, 1.54) is 12.1 Å². The van der Waals surface area contributed by atoms with E-state index in [9.17, 15) is 13.6 Å². The van der Waals surface area contributed by atoms with Gasteiger partial charge < -0.3 is 19.9 Å². The summed E-state index contributed by atoms with van der Waals surface area (Å²) in [5.41, 5.74) is 3.21. The first-order valence-electron chi connectivity index (χ1n) is 16.1. The molecule has 248 valence electrons. The van der Waals surface area contributed by atoms with Gasteiger partial charge in [0.1, 0.15) is 17.4 Å². The van der Waals surface area contributed by atoms with Gasteiger partial charge in [0, 0.05) is 37.6 Å². The summed E-state index contributed by atoms with van der Waals surface area (Å²) in [4.78, 5) is 19.5. The van der Waals surface area contributed by atoms with E-state index in [4.69, 9.17) is 19.6 Å². The molecule has 1 heterocycles. The number of carbonyl (C=O) groups excluding carboxylic acids is 1. The molecular weight excluding hydrogens is 622 g/mol. The van der Waals surface area contributed by atoms with Crippen LogP contribution in [0.3, 0.4) is 0 Å². The largest absolute Gasteiger partial charge is 0.494 e. The third kappa shape index (κ3) is 8.11. The number of rotatable bonds is 13. The fourth-order valence-corrected chi connectivity index (χ4v) is 5.78. The van der Waals surface area contributed by atoms with Gasteiger partial charge in [-0.1, -0.05) is 97.1 Å². The molecule has 0 saturated heterocycles. The van der Waals surface area contributed by atoms with Crippen molar-refractivity contribution in [1.29, 1.82) is 0 Å². The summed E-state index contributed by atoms with van der Waals surface area (Å²) in [6, 6.07) is 37.9. The van der Waals surface area contributed by atoms with Crippen LogP contribution in [0.2, 0.25) is 0 Å². The van der Waals surface area contributed by atoms with Gasteiger partial charge >= 0.3 is 0 Å². The van der Waals surface area contributed by atoms with Crippen LogP contribution in [0.5, 0.6) is 5.75 Å². The van der Waals surface area contributed by atoms with Crippen molar-refractivity contribution in [3.63, 3.8) is 0 Å². The first-order chi connectivity index (χ1) is 23.9. The Balaban J connectivity index is 1.39. The highest BCUT2D eigenvalue weighted by molar-refractivity contribution is 6.01. The molecule has 8 heteroatoms. The second-order valence-electron chi connectivity index (χ2n) is 11.8. The van der Waals surface area contributed by atoms with Crippen LogP contribution in [-0.4, -0.2) is 35.7 Å². The molecule has 1 amide bonds. The Morgan fingerprint density at radius 2 is 1.47 bits per heavy atom. The van der Waals surface area contributed by atoms with E-state index in [2.05, 4.69) is 5.32 Å². The maximum atomic E-state index is 14.4. The maximum Gasteiger partial charge on any atom is 0.252 e. The summed E-state index contributed by atoms with van der Waals surface area (Å²) in [7, 11) is 0. The standard InChI is InChI=1S/C41H36F2N2O4/c42-35-25-30(26-36(43)27-35)28-44-40(47)41(22-7-11-29-9-3-1-4-10-29)38(33-16-14-32(15-17-33)31-12-5-2-6-13-31)49-39(45-41)34-18-20-37(21-19-34)48-24-8-23-46/h1-7,9-21,25-27,38,46H,8,22-24,28H2,(H,44,47)/b11-7+/t38-,41-/m1/s1. The van der Waals surface area contributed by atoms with Crippen LogP contribution in [-0.2, 0) is 16.1 Å². The van der Waals surface area contributed by atoms with Gasteiger partial charge in [-0.25, -0.2) is 13.8 Å². The van der Waals surface area contributed by atoms with Crippen molar-refractivity contribution < 1.29 is 28.2 Å². The Kier molecular flexibility index (Phi) is 10.6. The van der Waals surface area contributed by atoms with Crippen LogP contribution in [0.25, 0.3) is 17.2 Å². The van der Waals surface area contributed by atoms with Crippen LogP contribution >= 0.6 is 0 Å². The van der Waals surface area contributed by atoms with Crippen LogP contribution in [0.4, 0.5) is 8.78 Å². The van der Waals surface area contributed by atoms with Gasteiger partial charge in [-0.05, 0) is 64.2 Å². The molecule has 6 nitrogen and oxygen atoms in total. The first-order valence-corrected chi connectivity index (χ1v) is 16.1. The molecule has 0 aromatic heterocycles. The molecule has 0 radical (unpaired) electrons. The highest BCUT2D eigenvalue weighted by Crippen LogP contribution is 2.43. The second kappa shape index (κ2) is 15.5. The van der Waals surface area contributed by atoms with Gasteiger partial charge in [-0.3, -0.25) is 4.79 Å². The zero-order chi connectivity index (χ0) is 34.1. The third-order valence-corrected chi connectivity index (χ3v) is 8.26. The van der Waals surface area contributed by atoms with Crippen molar-refractivity contribution in [1.82, 2.24) is 5.32 Å². The van der Waals surface area contributed by atoms with Gasteiger partial charge in [0.15, 0.2) is 11.6 Å². The van der Waals surface area contributed by atoms with Gasteiger partial charge in [0.05, 0.1) is 6.61 Å². The predicted octanol–water partition coefficient (Wildman–Crippen LogP) is 8.07. The molecule has 1 aliphatic heterocycles. The molecule has 0 unspecified atom stereocenters. The molecule has 0 bridgehead atoms. The molecule has 0 spiro atoms. The summed E-state index contributed by atoms with van der Waals surface area (Å²) < 4.78 is 40.4. The van der Waals surface area contributed by atoms with E-state index in [1.54, 1.807) is 12.1 Å². The Bertz CT molecular complexity index is 1890. The highest BCUT2D eigenvalue weighted by atomic mass is 19.1. The van der Waals surface area contributed by atoms with Crippen molar-refractivity contribution in [2.75, 3.05) is 13.2 Å². The lowest BCUT2D eigenvalue weighted by atomic mass is 9.83. The molecule has 0 aliphatic carbocycles. The predicted molar refractivity (Wildman–Crippen MR) is 187 cm³/mol. The van der Waals surface area contributed by atoms with Crippen molar-refractivity contribution in [3.05, 3.63) is 167 Å². The Morgan fingerprint density at radius 3 is 2.14 bits per heavy atom. The molecule has 1 aliphatic rings. The number of halogens is 2. The van der Waals surface area contributed by atoms with Crippen molar-refractivity contribution in [2.24, 2.45) is 4.99 Å². The summed E-state index contributed by atoms with van der Waals surface area (Å²) in [6.07, 6.45) is 3.67. The lowest BCUT2D eigenvalue weighted by Gasteiger charge is -2.30. The molecule has 0 saturated carbocycles. The van der Waals surface area contributed by atoms with E-state index in [-0.39, 0.29) is 31.0 Å². The Morgan fingerprint density at radius 1 is 0.837 bits per heavy atom. The topological polar surface area (TPSA) is 80.2 Å². The lowest BCUT2D eigenvalue weighted by Crippen LogP contribution is -2.47. The van der Waals surface area contributed by atoms with E-state index < -0.39 is 29.2 Å². The molecule has 2 N–H and O–H groups in total. The summed E-state index contributed by atoms with van der Waals surface area (Å²) in [5.74, 6) is -1.00. The molecule has 49 heavy (non-hydrogen) atoms. The average Bonchev–Trinajstić information content (AvgIpc) is 3.52. The quantitative estimate of drug-likeness (QED) is 0.126. The highest BCUT2D eigenvalue weighted by Gasteiger charge is 2.52. The van der Waals surface area contributed by atoms with Crippen LogP contribution in [0, 0.1) is 11.6 Å². The number of aliphatic hydroxyl groups is 1. The average molecular weight is 659 g/mol. The first kappa shape index (κ1) is 33.3. The zero-order valence-electron chi connectivity index (χ0n) is 26.8. The van der Waals surface area contributed by atoms with Gasteiger partial charge in [-0.15, -0.1) is 0 Å². The van der Waals surface area contributed by atoms with Crippen molar-refractivity contribution in [3.8, 4) is 16.9 Å². The number of carbonyl (C=O) groups is 1. The number of hydrogen-bond acceptors (Lipinski definition) is 5. The monoisotopic (exact) mass is 658 g/mol. The SMILES string of the molecule is O=C(NCc1cc(F)cc(F)c1)[C@]1(C/C=C/c2ccccc2)N=C(c2ccc(OCCCO)cc2)O[C@@H]1c1ccc(-c2ccccc2)cc1. The van der Waals surface area contributed by atoms with Crippen LogP contribution in [0.15, 0.2) is 138 Å². The van der Waals surface area contributed by atoms with Crippen molar-refractivity contribution in [2.45, 2.75) is 31.0 Å². The Labute approximate surface area is 284 Å². The number of benzene rings is 5. The summed E-state index contributed by atoms with van der Waals surface area (Å²) >= 11 is 0. The molecular formula is C41H36F2N2O4. The minimum Gasteiger partial charge on any atom is -0.494 e. The number of nitrogens with zero attached hydrogens (tertiary/aromatic N) is 1. The van der Waals surface area contributed by atoms with E-state index in [0.29, 0.717) is 24.3 Å². The fraction of sp³-hybridized carbons (Fsp3) is 0.171. The van der Waals surface area contributed by atoms with E-state index in [1.807, 2.05) is 109 Å². The third-order valence-electron chi connectivity index (χ3n) is 8.26. The number of nitrogens with one attached hydrogen (secondary N) is 1. The lowest BCUT2D eigenvalue weighted by molar-refractivity contribution is -0.129. The number of ether oxygens (including phenoxy) is 2. The van der Waals surface area contributed by atoms with Crippen molar-refractivity contribution >= 4 is 17.9 Å². The molecule has 6 rings (SSSR count). The van der Waals surface area contributed by atoms with Gasteiger partial charge in [0.2, 0.25) is 5.90 Å². The van der Waals surface area contributed by atoms with E-state index in [0.717, 1.165) is 28.3 Å².